The van der Waals surface area contributed by atoms with Crippen molar-refractivity contribution in [1.29, 1.82) is 0 Å². The van der Waals surface area contributed by atoms with E-state index in [2.05, 4.69) is 0 Å². The molecule has 0 aliphatic carbocycles. The van der Waals surface area contributed by atoms with Crippen molar-refractivity contribution in [3.63, 3.8) is 0 Å². The fourth-order valence-electron chi connectivity index (χ4n) is 1.80. The maximum atomic E-state index is 13.6. The van der Waals surface area contributed by atoms with Crippen molar-refractivity contribution >= 4 is 28.9 Å². The number of thiophene rings is 1. The predicted octanol–water partition coefficient (Wildman–Crippen LogP) is 3.86. The zero-order valence-electron chi connectivity index (χ0n) is 8.50. The van der Waals surface area contributed by atoms with Gasteiger partial charge >= 0.3 is 0 Å². The van der Waals surface area contributed by atoms with Gasteiger partial charge in [0.2, 0.25) is 0 Å². The Bertz CT molecular complexity index is 619. The molecule has 0 saturated carbocycles. The summed E-state index contributed by atoms with van der Waals surface area (Å²) in [5, 5.41) is 1.83. The van der Waals surface area contributed by atoms with E-state index in [4.69, 9.17) is 0 Å². The van der Waals surface area contributed by atoms with E-state index in [0.29, 0.717) is 5.56 Å². The van der Waals surface area contributed by atoms with Crippen LogP contribution in [0.25, 0.3) is 0 Å². The largest absolute Gasteiger partial charge is 0.289 e. The van der Waals surface area contributed by atoms with E-state index < -0.39 is 11.6 Å². The van der Waals surface area contributed by atoms with Gasteiger partial charge in [-0.2, -0.15) is 0 Å². The highest BCUT2D eigenvalue weighted by molar-refractivity contribution is 8.00. The molecular formula is C12H6F2OS2. The van der Waals surface area contributed by atoms with Crippen LogP contribution >= 0.6 is 23.1 Å². The van der Waals surface area contributed by atoms with Crippen LogP contribution in [0.4, 0.5) is 8.78 Å². The summed E-state index contributed by atoms with van der Waals surface area (Å²) in [4.78, 5) is 12.2. The molecule has 2 aromatic rings. The van der Waals surface area contributed by atoms with E-state index in [1.165, 1.54) is 29.2 Å². The number of benzene rings is 1. The minimum absolute atomic E-state index is 0.170. The molecular weight excluding hydrogens is 262 g/mol. The molecule has 1 aromatic heterocycles. The maximum Gasteiger partial charge on any atom is 0.195 e. The molecule has 5 heteroatoms. The van der Waals surface area contributed by atoms with Gasteiger partial charge in [-0.15, -0.1) is 23.1 Å². The highest BCUT2D eigenvalue weighted by Crippen LogP contribution is 2.38. The van der Waals surface area contributed by atoms with Crippen molar-refractivity contribution in [2.45, 2.75) is 9.96 Å². The van der Waals surface area contributed by atoms with Gasteiger partial charge in [0.05, 0.1) is 4.21 Å². The van der Waals surface area contributed by atoms with Gasteiger partial charge in [0.1, 0.15) is 0 Å². The Morgan fingerprint density at radius 2 is 1.94 bits per heavy atom. The summed E-state index contributed by atoms with van der Waals surface area (Å²) in [6.07, 6.45) is 0. The molecule has 0 atom stereocenters. The molecule has 0 saturated heterocycles. The Labute approximate surface area is 104 Å². The fraction of sp³-hybridized carbons (Fsp3) is 0.0833. The molecule has 17 heavy (non-hydrogen) atoms. The normalized spacial score (nSPS) is 14.1. The van der Waals surface area contributed by atoms with Gasteiger partial charge in [0, 0.05) is 22.4 Å². The smallest absolute Gasteiger partial charge is 0.195 e. The lowest BCUT2D eigenvalue weighted by Crippen LogP contribution is -2.05. The van der Waals surface area contributed by atoms with Gasteiger partial charge in [-0.1, -0.05) is 0 Å². The number of carbonyl (C=O) groups excluding carboxylic acids is 1. The van der Waals surface area contributed by atoms with E-state index in [9.17, 15) is 13.6 Å². The lowest BCUT2D eigenvalue weighted by atomic mass is 10.0. The Morgan fingerprint density at radius 3 is 2.76 bits per heavy atom. The predicted molar refractivity (Wildman–Crippen MR) is 63.7 cm³/mol. The van der Waals surface area contributed by atoms with Crippen molar-refractivity contribution < 1.29 is 13.6 Å². The molecule has 2 heterocycles. The van der Waals surface area contributed by atoms with Crippen LogP contribution in [0, 0.1) is 11.6 Å². The number of rotatable bonds is 0. The molecule has 0 bridgehead atoms. The first-order chi connectivity index (χ1) is 8.18. The van der Waals surface area contributed by atoms with Crippen molar-refractivity contribution in [2.75, 3.05) is 0 Å². The van der Waals surface area contributed by atoms with Crippen LogP contribution in [0.3, 0.4) is 0 Å². The topological polar surface area (TPSA) is 17.1 Å². The van der Waals surface area contributed by atoms with E-state index in [1.807, 2.05) is 5.38 Å². The third-order valence-corrected chi connectivity index (χ3v) is 4.93. The molecule has 1 aliphatic heterocycles. The molecule has 3 rings (SSSR count). The van der Waals surface area contributed by atoms with Crippen LogP contribution in [-0.2, 0) is 5.75 Å². The van der Waals surface area contributed by atoms with Crippen molar-refractivity contribution in [1.82, 2.24) is 0 Å². The average molecular weight is 268 g/mol. The van der Waals surface area contributed by atoms with Gasteiger partial charge < -0.3 is 0 Å². The van der Waals surface area contributed by atoms with Crippen LogP contribution in [0.2, 0.25) is 0 Å². The molecule has 1 aromatic carbocycles. The van der Waals surface area contributed by atoms with Gasteiger partial charge in [-0.3, -0.25) is 4.79 Å². The second-order valence-electron chi connectivity index (χ2n) is 3.63. The summed E-state index contributed by atoms with van der Waals surface area (Å²) in [7, 11) is 0. The van der Waals surface area contributed by atoms with Gasteiger partial charge in [-0.05, 0) is 23.6 Å². The molecule has 0 N–H and O–H groups in total. The molecule has 1 aliphatic rings. The van der Waals surface area contributed by atoms with Crippen molar-refractivity contribution in [3.05, 3.63) is 51.9 Å². The zero-order valence-corrected chi connectivity index (χ0v) is 10.1. The lowest BCUT2D eigenvalue weighted by Gasteiger charge is -2.05. The quantitative estimate of drug-likeness (QED) is 0.721. The summed E-state index contributed by atoms with van der Waals surface area (Å²) >= 11 is 2.83. The Kier molecular flexibility index (Phi) is 2.52. The average Bonchev–Trinajstić information content (AvgIpc) is 2.74. The summed E-state index contributed by atoms with van der Waals surface area (Å²) < 4.78 is 27.6. The number of hydrogen-bond donors (Lipinski definition) is 0. The van der Waals surface area contributed by atoms with E-state index >= 15 is 0 Å². The highest BCUT2D eigenvalue weighted by Gasteiger charge is 2.25. The number of thioether (sulfide) groups is 1. The Morgan fingerprint density at radius 1 is 1.12 bits per heavy atom. The maximum absolute atomic E-state index is 13.6. The number of halogens is 2. The number of ketones is 1. The van der Waals surface area contributed by atoms with E-state index in [1.54, 1.807) is 6.07 Å². The standard InChI is InChI=1S/C12H6F2OS2/c13-9-2-1-6-8(10(9)14)5-17-12-7(11(6)15)3-4-16-12/h1-4H,5H2. The minimum Gasteiger partial charge on any atom is -0.289 e. The van der Waals surface area contributed by atoms with E-state index in [-0.39, 0.29) is 22.7 Å². The first-order valence-corrected chi connectivity index (χ1v) is 6.77. The van der Waals surface area contributed by atoms with Crippen molar-refractivity contribution in [3.8, 4) is 0 Å². The summed E-state index contributed by atoms with van der Waals surface area (Å²) in [6.45, 7) is 0. The first-order valence-electron chi connectivity index (χ1n) is 4.90. The van der Waals surface area contributed by atoms with Crippen LogP contribution < -0.4 is 0 Å². The SMILES string of the molecule is O=C1c2ccsc2SCc2c1ccc(F)c2F. The molecule has 0 amide bonds. The van der Waals surface area contributed by atoms with Gasteiger partial charge in [0.25, 0.3) is 0 Å². The van der Waals surface area contributed by atoms with Gasteiger partial charge in [-0.25, -0.2) is 8.78 Å². The minimum atomic E-state index is -0.904. The second-order valence-corrected chi connectivity index (χ2v) is 5.79. The third-order valence-electron chi connectivity index (χ3n) is 2.66. The van der Waals surface area contributed by atoms with Crippen LogP contribution in [0.5, 0.6) is 0 Å². The fourth-order valence-corrected chi connectivity index (χ4v) is 3.91. The molecule has 0 unspecified atom stereocenters. The molecule has 1 nitrogen and oxygen atoms in total. The van der Waals surface area contributed by atoms with Gasteiger partial charge in [0.15, 0.2) is 17.4 Å². The first kappa shape index (κ1) is 10.9. The number of hydrogen-bond acceptors (Lipinski definition) is 3. The summed E-state index contributed by atoms with van der Waals surface area (Å²) in [5.41, 5.74) is 1.03. The monoisotopic (exact) mass is 268 g/mol. The third kappa shape index (κ3) is 1.61. The van der Waals surface area contributed by atoms with Crippen LogP contribution in [-0.4, -0.2) is 5.78 Å². The van der Waals surface area contributed by atoms with E-state index in [0.717, 1.165) is 10.3 Å². The van der Waals surface area contributed by atoms with Crippen LogP contribution in [0.1, 0.15) is 21.5 Å². The molecule has 86 valence electrons. The highest BCUT2D eigenvalue weighted by atomic mass is 32.2. The molecule has 0 fully saturated rings. The zero-order chi connectivity index (χ0) is 12.0. The van der Waals surface area contributed by atoms with Crippen molar-refractivity contribution in [2.24, 2.45) is 0 Å². The molecule has 0 radical (unpaired) electrons. The number of carbonyl (C=O) groups is 1. The number of fused-ring (bicyclic) bond motifs is 2. The summed E-state index contributed by atoms with van der Waals surface area (Å²) in [6, 6.07) is 4.10. The summed E-state index contributed by atoms with van der Waals surface area (Å²) in [5.74, 6) is -1.74. The Hall–Kier alpha value is -1.20. The lowest BCUT2D eigenvalue weighted by molar-refractivity contribution is 0.103. The Balaban J connectivity index is 2.24. The van der Waals surface area contributed by atoms with Crippen LogP contribution in [0.15, 0.2) is 27.8 Å². The molecule has 0 spiro atoms. The second kappa shape index (κ2) is 3.92.